The van der Waals surface area contributed by atoms with Gasteiger partial charge in [-0.2, -0.15) is 13.2 Å². The number of rotatable bonds is 12. The molecular formula is C30H33F3N6O2. The predicted molar refractivity (Wildman–Crippen MR) is 150 cm³/mol. The maximum absolute atomic E-state index is 13.2. The van der Waals surface area contributed by atoms with Crippen molar-refractivity contribution in [1.29, 1.82) is 0 Å². The summed E-state index contributed by atoms with van der Waals surface area (Å²) in [5.41, 5.74) is 1.90. The molecule has 0 aliphatic heterocycles. The van der Waals surface area contributed by atoms with Crippen LogP contribution in [0.4, 0.5) is 19.0 Å². The minimum Gasteiger partial charge on any atom is -0.475 e. The highest BCUT2D eigenvalue weighted by atomic mass is 19.4. The summed E-state index contributed by atoms with van der Waals surface area (Å²) >= 11 is 0. The number of nitrogens with zero attached hydrogens (tertiary/aromatic N) is 5. The highest BCUT2D eigenvalue weighted by molar-refractivity contribution is 5.90. The van der Waals surface area contributed by atoms with Gasteiger partial charge in [0.25, 0.3) is 0 Å². The third-order valence-electron chi connectivity index (χ3n) is 7.58. The molecule has 1 fully saturated rings. The van der Waals surface area contributed by atoms with Crippen molar-refractivity contribution in [3.05, 3.63) is 82.9 Å². The van der Waals surface area contributed by atoms with Gasteiger partial charge in [-0.3, -0.25) is 0 Å². The van der Waals surface area contributed by atoms with Gasteiger partial charge in [-0.1, -0.05) is 61.7 Å². The maximum atomic E-state index is 13.2. The van der Waals surface area contributed by atoms with Crippen molar-refractivity contribution in [3.8, 4) is 0 Å². The van der Waals surface area contributed by atoms with E-state index < -0.39 is 17.7 Å². The molecule has 0 bridgehead atoms. The van der Waals surface area contributed by atoms with E-state index in [1.807, 2.05) is 29.8 Å². The van der Waals surface area contributed by atoms with Crippen LogP contribution in [0.3, 0.4) is 0 Å². The number of hydrogen-bond acceptors (Lipinski definition) is 6. The summed E-state index contributed by atoms with van der Waals surface area (Å²) in [5, 5.41) is 13.0. The molecule has 1 aliphatic rings. The monoisotopic (exact) mass is 566 g/mol. The number of anilines is 1. The lowest BCUT2D eigenvalue weighted by Crippen LogP contribution is -2.22. The lowest BCUT2D eigenvalue weighted by atomic mass is 9.83. The first kappa shape index (κ1) is 28.5. The van der Waals surface area contributed by atoms with Gasteiger partial charge >= 0.3 is 12.1 Å². The number of aromatic carboxylic acids is 1. The lowest BCUT2D eigenvalue weighted by Gasteiger charge is -2.25. The average molecular weight is 567 g/mol. The smallest absolute Gasteiger partial charge is 0.416 e. The zero-order valence-corrected chi connectivity index (χ0v) is 22.9. The number of hydrogen-bond donors (Lipinski definition) is 2. The molecule has 2 N–H and O–H groups in total. The van der Waals surface area contributed by atoms with Crippen LogP contribution in [0.15, 0.2) is 54.6 Å². The number of carbonyl (C=O) groups is 1. The van der Waals surface area contributed by atoms with Gasteiger partial charge in [0, 0.05) is 32.6 Å². The van der Waals surface area contributed by atoms with Crippen LogP contribution in [0.2, 0.25) is 0 Å². The lowest BCUT2D eigenvalue weighted by molar-refractivity contribution is -0.137. The fourth-order valence-corrected chi connectivity index (χ4v) is 5.08. The highest BCUT2D eigenvalue weighted by Gasteiger charge is 2.30. The molecule has 5 rings (SSSR count). The molecule has 1 saturated carbocycles. The normalized spacial score (nSPS) is 14.0. The van der Waals surface area contributed by atoms with Crippen LogP contribution in [0, 0.1) is 5.92 Å². The maximum Gasteiger partial charge on any atom is 0.416 e. The largest absolute Gasteiger partial charge is 0.475 e. The van der Waals surface area contributed by atoms with E-state index in [4.69, 9.17) is 4.98 Å². The van der Waals surface area contributed by atoms with Gasteiger partial charge in [0.2, 0.25) is 5.82 Å². The third-order valence-corrected chi connectivity index (χ3v) is 7.58. The minimum atomic E-state index is -4.42. The molecule has 1 aliphatic carbocycles. The van der Waals surface area contributed by atoms with Crippen LogP contribution in [-0.2, 0) is 25.7 Å². The van der Waals surface area contributed by atoms with Crippen LogP contribution < -0.4 is 5.32 Å². The number of fused-ring (bicyclic) bond motifs is 1. The molecule has 2 heterocycles. The number of benzene rings is 2. The Morgan fingerprint density at radius 3 is 2.41 bits per heavy atom. The number of alkyl halides is 3. The molecule has 4 aromatic rings. The highest BCUT2D eigenvalue weighted by Crippen LogP contribution is 2.31. The molecule has 0 amide bonds. The van der Waals surface area contributed by atoms with E-state index in [2.05, 4.69) is 32.3 Å². The van der Waals surface area contributed by atoms with Crippen molar-refractivity contribution in [2.45, 2.75) is 51.4 Å². The van der Waals surface area contributed by atoms with E-state index >= 15 is 0 Å². The number of carboxylic acids is 1. The summed E-state index contributed by atoms with van der Waals surface area (Å²) in [4.78, 5) is 27.2. The standard InChI is InChI=1S/C30H33F3N6O2/c1-38(18-21-6-3-2-4-7-21)17-15-24-35-27-25(39(24)19-22-10-12-23(13-11-22)30(31,32)33)26(36-28(37-27)29(40)41)34-16-14-20-8-5-9-20/h2-4,6-7,10-13,20H,5,8-9,14-19H2,1H3,(H,40,41)(H,34,36,37). The van der Waals surface area contributed by atoms with Crippen LogP contribution in [-0.4, -0.2) is 55.6 Å². The van der Waals surface area contributed by atoms with Crippen LogP contribution in [0.25, 0.3) is 11.2 Å². The third kappa shape index (κ3) is 7.02. The average Bonchev–Trinajstić information content (AvgIpc) is 3.26. The van der Waals surface area contributed by atoms with E-state index in [1.54, 1.807) is 0 Å². The van der Waals surface area contributed by atoms with E-state index in [9.17, 15) is 23.1 Å². The summed E-state index contributed by atoms with van der Waals surface area (Å²) in [6.07, 6.45) is 0.644. The Bertz CT molecular complexity index is 1480. The molecule has 216 valence electrons. The molecule has 2 aromatic carbocycles. The summed E-state index contributed by atoms with van der Waals surface area (Å²) in [6, 6.07) is 15.1. The Morgan fingerprint density at radius 2 is 1.78 bits per heavy atom. The summed E-state index contributed by atoms with van der Waals surface area (Å²) in [5.74, 6) is 0.0613. The van der Waals surface area contributed by atoms with E-state index in [-0.39, 0.29) is 18.0 Å². The first-order valence-electron chi connectivity index (χ1n) is 13.8. The van der Waals surface area contributed by atoms with E-state index in [1.165, 1.54) is 37.0 Å². The summed E-state index contributed by atoms with van der Waals surface area (Å²) < 4.78 is 41.4. The first-order chi connectivity index (χ1) is 19.7. The van der Waals surface area contributed by atoms with E-state index in [0.29, 0.717) is 48.2 Å². The Hall–Kier alpha value is -3.99. The number of halogens is 3. The van der Waals surface area contributed by atoms with Crippen molar-refractivity contribution in [1.82, 2.24) is 24.4 Å². The topological polar surface area (TPSA) is 96.2 Å². The molecule has 41 heavy (non-hydrogen) atoms. The fourth-order valence-electron chi connectivity index (χ4n) is 5.08. The second kappa shape index (κ2) is 12.3. The molecule has 0 radical (unpaired) electrons. The van der Waals surface area contributed by atoms with Crippen molar-refractivity contribution in [2.24, 2.45) is 5.92 Å². The second-order valence-electron chi connectivity index (χ2n) is 10.7. The van der Waals surface area contributed by atoms with Gasteiger partial charge in [-0.05, 0) is 42.6 Å². The van der Waals surface area contributed by atoms with E-state index in [0.717, 1.165) is 25.1 Å². The molecular weight excluding hydrogens is 533 g/mol. The van der Waals surface area contributed by atoms with Gasteiger partial charge in [0.15, 0.2) is 11.5 Å². The van der Waals surface area contributed by atoms with Gasteiger partial charge in [-0.15, -0.1) is 0 Å². The van der Waals surface area contributed by atoms with Gasteiger partial charge in [-0.25, -0.2) is 19.7 Å². The Morgan fingerprint density at radius 1 is 1.05 bits per heavy atom. The molecule has 11 heteroatoms. The molecule has 2 aromatic heterocycles. The molecule has 0 atom stereocenters. The molecule has 0 unspecified atom stereocenters. The number of imidazole rings is 1. The van der Waals surface area contributed by atoms with Crippen molar-refractivity contribution in [3.63, 3.8) is 0 Å². The molecule has 0 saturated heterocycles. The first-order valence-corrected chi connectivity index (χ1v) is 13.8. The minimum absolute atomic E-state index is 0.236. The number of likely N-dealkylation sites (N-methyl/N-ethyl adjacent to an activating group) is 1. The number of aromatic nitrogens is 4. The Labute approximate surface area is 236 Å². The second-order valence-corrected chi connectivity index (χ2v) is 10.7. The molecule has 8 nitrogen and oxygen atoms in total. The van der Waals surface area contributed by atoms with Crippen LogP contribution in [0.1, 0.15) is 58.8 Å². The zero-order valence-electron chi connectivity index (χ0n) is 22.9. The SMILES string of the molecule is CN(CCc1nc2nc(C(=O)O)nc(NCCC3CCC3)c2n1Cc1ccc(C(F)(F)F)cc1)Cc1ccccc1. The van der Waals surface area contributed by atoms with Gasteiger partial charge in [0.05, 0.1) is 5.56 Å². The van der Waals surface area contributed by atoms with Crippen molar-refractivity contribution < 1.29 is 23.1 Å². The fraction of sp³-hybridized carbons (Fsp3) is 0.400. The summed E-state index contributed by atoms with van der Waals surface area (Å²) in [7, 11) is 2.01. The number of nitrogens with one attached hydrogen (secondary N) is 1. The summed E-state index contributed by atoms with van der Waals surface area (Å²) in [6.45, 7) is 2.24. The molecule has 0 spiro atoms. The number of carboxylic acid groups (broad SMARTS) is 1. The predicted octanol–water partition coefficient (Wildman–Crippen LogP) is 5.87. The Kier molecular flexibility index (Phi) is 8.53. The van der Waals surface area contributed by atoms with Crippen LogP contribution >= 0.6 is 0 Å². The van der Waals surface area contributed by atoms with Gasteiger partial charge < -0.3 is 19.9 Å². The Balaban J connectivity index is 1.47. The quantitative estimate of drug-likeness (QED) is 0.222. The van der Waals surface area contributed by atoms with Gasteiger partial charge in [0.1, 0.15) is 11.3 Å². The zero-order chi connectivity index (χ0) is 29.0. The van der Waals surface area contributed by atoms with Crippen molar-refractivity contribution >= 4 is 23.0 Å². The van der Waals surface area contributed by atoms with Crippen molar-refractivity contribution in [2.75, 3.05) is 25.5 Å². The van der Waals surface area contributed by atoms with Crippen LogP contribution in [0.5, 0.6) is 0 Å².